The molecule has 0 fully saturated rings. The molecule has 0 atom stereocenters. The molecule has 4 nitrogen and oxygen atoms in total. The number of nitrogens with one attached hydrogen (secondary N) is 1. The van der Waals surface area contributed by atoms with E-state index in [4.69, 9.17) is 10.00 Å². The maximum Gasteiger partial charge on any atom is 0.120 e. The molecule has 0 saturated carbocycles. The zero-order valence-electron chi connectivity index (χ0n) is 11.1. The monoisotopic (exact) mass is 263 g/mol. The minimum atomic E-state index is 0.296. The van der Waals surface area contributed by atoms with Gasteiger partial charge in [-0.1, -0.05) is 18.2 Å². The van der Waals surface area contributed by atoms with Crippen LogP contribution in [0.25, 0.3) is 22.0 Å². The molecule has 1 aromatic heterocycles. The number of hydrogen-bond acceptors (Lipinski definition) is 3. The Balaban J connectivity index is 2.01. The van der Waals surface area contributed by atoms with Crippen molar-refractivity contribution in [2.75, 3.05) is 7.11 Å². The zero-order valence-corrected chi connectivity index (χ0v) is 11.1. The Bertz CT molecular complexity index is 799. The summed E-state index contributed by atoms with van der Waals surface area (Å²) in [6.07, 6.45) is 2.06. The Morgan fingerprint density at radius 3 is 2.80 bits per heavy atom. The van der Waals surface area contributed by atoms with E-state index >= 15 is 0 Å². The summed E-state index contributed by atoms with van der Waals surface area (Å²) in [6.45, 7) is 0. The van der Waals surface area contributed by atoms with Crippen molar-refractivity contribution in [1.82, 2.24) is 9.97 Å². The van der Waals surface area contributed by atoms with Gasteiger partial charge in [-0.3, -0.25) is 0 Å². The predicted molar refractivity (Wildman–Crippen MR) is 77.4 cm³/mol. The van der Waals surface area contributed by atoms with Crippen molar-refractivity contribution in [3.8, 4) is 23.1 Å². The fourth-order valence-electron chi connectivity index (χ4n) is 2.19. The van der Waals surface area contributed by atoms with E-state index in [0.717, 1.165) is 27.8 Å². The maximum absolute atomic E-state index is 8.67. The Morgan fingerprint density at radius 1 is 1.20 bits per heavy atom. The van der Waals surface area contributed by atoms with Crippen LogP contribution in [-0.4, -0.2) is 17.1 Å². The third kappa shape index (κ3) is 2.21. The molecule has 0 amide bonds. The van der Waals surface area contributed by atoms with Crippen LogP contribution in [0.5, 0.6) is 5.75 Å². The molecular weight excluding hydrogens is 250 g/mol. The Kier molecular flexibility index (Phi) is 3.10. The molecular formula is C16H13N3O. The van der Waals surface area contributed by atoms with Crippen LogP contribution in [0.1, 0.15) is 5.82 Å². The summed E-state index contributed by atoms with van der Waals surface area (Å²) in [6, 6.07) is 14.2. The second kappa shape index (κ2) is 5.06. The number of fused-ring (bicyclic) bond motifs is 1. The second-order valence-electron chi connectivity index (χ2n) is 4.51. The molecule has 20 heavy (non-hydrogen) atoms. The van der Waals surface area contributed by atoms with Crippen molar-refractivity contribution in [1.29, 1.82) is 5.26 Å². The lowest BCUT2D eigenvalue weighted by molar-refractivity contribution is 0.415. The first kappa shape index (κ1) is 12.2. The molecule has 0 bridgehead atoms. The molecule has 0 saturated heterocycles. The Hall–Kier alpha value is -2.80. The molecule has 0 unspecified atom stereocenters. The molecule has 1 N–H and O–H groups in total. The van der Waals surface area contributed by atoms with Crippen LogP contribution >= 0.6 is 0 Å². The number of nitrogens with zero attached hydrogens (tertiary/aromatic N) is 2. The summed E-state index contributed by atoms with van der Waals surface area (Å²) in [4.78, 5) is 7.35. The van der Waals surface area contributed by atoms with E-state index in [-0.39, 0.29) is 0 Å². The lowest BCUT2D eigenvalue weighted by Gasteiger charge is -2.04. The first-order valence-corrected chi connectivity index (χ1v) is 6.29. The summed E-state index contributed by atoms with van der Waals surface area (Å²) >= 11 is 0. The van der Waals surface area contributed by atoms with Gasteiger partial charge in [-0.25, -0.2) is 4.98 Å². The highest BCUT2D eigenvalue weighted by Gasteiger charge is 2.04. The smallest absolute Gasteiger partial charge is 0.120 e. The highest BCUT2D eigenvalue weighted by molar-refractivity contribution is 5.87. The van der Waals surface area contributed by atoms with Gasteiger partial charge in [0.05, 0.1) is 31.5 Å². The van der Waals surface area contributed by atoms with Gasteiger partial charge in [-0.2, -0.15) is 5.26 Å². The number of rotatable bonds is 3. The van der Waals surface area contributed by atoms with Crippen molar-refractivity contribution >= 4 is 10.8 Å². The van der Waals surface area contributed by atoms with Crippen LogP contribution in [0.4, 0.5) is 0 Å². The van der Waals surface area contributed by atoms with E-state index in [1.165, 1.54) is 0 Å². The average molecular weight is 263 g/mol. The van der Waals surface area contributed by atoms with E-state index in [2.05, 4.69) is 28.2 Å². The van der Waals surface area contributed by atoms with Crippen molar-refractivity contribution < 1.29 is 4.74 Å². The third-order valence-electron chi connectivity index (χ3n) is 3.23. The molecule has 0 aliphatic carbocycles. The van der Waals surface area contributed by atoms with Crippen molar-refractivity contribution in [2.45, 2.75) is 6.42 Å². The molecule has 0 spiro atoms. The lowest BCUT2D eigenvalue weighted by atomic mass is 10.1. The molecule has 0 aliphatic rings. The Morgan fingerprint density at radius 2 is 2.00 bits per heavy atom. The summed E-state index contributed by atoms with van der Waals surface area (Å²) in [5.41, 5.74) is 1.98. The van der Waals surface area contributed by atoms with Crippen LogP contribution in [-0.2, 0) is 6.42 Å². The fraction of sp³-hybridized carbons (Fsp3) is 0.125. The van der Waals surface area contributed by atoms with E-state index in [0.29, 0.717) is 12.2 Å². The largest absolute Gasteiger partial charge is 0.497 e. The van der Waals surface area contributed by atoms with Gasteiger partial charge in [0.2, 0.25) is 0 Å². The van der Waals surface area contributed by atoms with Gasteiger partial charge < -0.3 is 9.72 Å². The number of aromatic amines is 1. The highest BCUT2D eigenvalue weighted by atomic mass is 16.5. The molecule has 0 aliphatic heterocycles. The molecule has 3 aromatic rings. The molecule has 98 valence electrons. The minimum Gasteiger partial charge on any atom is -0.497 e. The topological polar surface area (TPSA) is 61.7 Å². The van der Waals surface area contributed by atoms with Gasteiger partial charge in [-0.15, -0.1) is 0 Å². The SMILES string of the molecule is COc1ccc2cc(-c3cnc(CC#N)[nH]3)ccc2c1. The van der Waals surface area contributed by atoms with Crippen LogP contribution < -0.4 is 4.74 Å². The Labute approximate surface area is 116 Å². The second-order valence-corrected chi connectivity index (χ2v) is 4.51. The first-order valence-electron chi connectivity index (χ1n) is 6.29. The van der Waals surface area contributed by atoms with E-state index in [1.807, 2.05) is 24.3 Å². The first-order chi connectivity index (χ1) is 9.80. The van der Waals surface area contributed by atoms with Gasteiger partial charge >= 0.3 is 0 Å². The number of ether oxygens (including phenoxy) is 1. The summed E-state index contributed by atoms with van der Waals surface area (Å²) in [5, 5.41) is 10.9. The summed E-state index contributed by atoms with van der Waals surface area (Å²) < 4.78 is 5.22. The fourth-order valence-corrected chi connectivity index (χ4v) is 2.19. The van der Waals surface area contributed by atoms with E-state index in [9.17, 15) is 0 Å². The normalized spacial score (nSPS) is 10.4. The predicted octanol–water partition coefficient (Wildman–Crippen LogP) is 3.30. The molecule has 2 aromatic carbocycles. The quantitative estimate of drug-likeness (QED) is 0.788. The van der Waals surface area contributed by atoms with Gasteiger partial charge in [0.1, 0.15) is 11.6 Å². The van der Waals surface area contributed by atoms with Gasteiger partial charge in [0, 0.05) is 5.56 Å². The van der Waals surface area contributed by atoms with Crippen LogP contribution in [0.3, 0.4) is 0 Å². The number of imidazole rings is 1. The van der Waals surface area contributed by atoms with Gasteiger partial charge in [0.15, 0.2) is 0 Å². The zero-order chi connectivity index (χ0) is 13.9. The van der Waals surface area contributed by atoms with E-state index < -0.39 is 0 Å². The lowest BCUT2D eigenvalue weighted by Crippen LogP contribution is -1.85. The average Bonchev–Trinajstić information content (AvgIpc) is 2.95. The molecule has 1 heterocycles. The number of methoxy groups -OCH3 is 1. The highest BCUT2D eigenvalue weighted by Crippen LogP contribution is 2.26. The minimum absolute atomic E-state index is 0.296. The number of benzene rings is 2. The van der Waals surface area contributed by atoms with Crippen LogP contribution in [0.15, 0.2) is 42.6 Å². The van der Waals surface area contributed by atoms with Crippen molar-refractivity contribution in [2.24, 2.45) is 0 Å². The third-order valence-corrected chi connectivity index (χ3v) is 3.23. The van der Waals surface area contributed by atoms with Crippen molar-refractivity contribution in [3.63, 3.8) is 0 Å². The summed E-state index contributed by atoms with van der Waals surface area (Å²) in [5.74, 6) is 1.54. The molecule has 3 rings (SSSR count). The maximum atomic E-state index is 8.67. The van der Waals surface area contributed by atoms with Crippen LogP contribution in [0, 0.1) is 11.3 Å². The molecule has 0 radical (unpaired) electrons. The van der Waals surface area contributed by atoms with E-state index in [1.54, 1.807) is 13.3 Å². The molecule has 4 heteroatoms. The van der Waals surface area contributed by atoms with Gasteiger partial charge in [0.25, 0.3) is 0 Å². The van der Waals surface area contributed by atoms with Gasteiger partial charge in [-0.05, 0) is 29.0 Å². The number of nitriles is 1. The van der Waals surface area contributed by atoms with Crippen LogP contribution in [0.2, 0.25) is 0 Å². The standard InChI is InChI=1S/C16H13N3O/c1-20-14-5-4-11-8-13(3-2-12(11)9-14)15-10-18-16(19-15)6-7-17/h2-5,8-10H,6H2,1H3,(H,18,19). The summed E-state index contributed by atoms with van der Waals surface area (Å²) in [7, 11) is 1.66. The number of aromatic nitrogens is 2. The number of H-pyrrole nitrogens is 1. The number of hydrogen-bond donors (Lipinski definition) is 1. The van der Waals surface area contributed by atoms with Crippen molar-refractivity contribution in [3.05, 3.63) is 48.4 Å².